The number of carbonyl (C=O) groups is 1. The van der Waals surface area contributed by atoms with Crippen LogP contribution in [0.2, 0.25) is 0 Å². The predicted molar refractivity (Wildman–Crippen MR) is 92.7 cm³/mol. The first-order valence-electron chi connectivity index (χ1n) is 6.43. The van der Waals surface area contributed by atoms with Crippen LogP contribution in [0.15, 0.2) is 60.7 Å². The first kappa shape index (κ1) is 13.9. The lowest BCUT2D eigenvalue weighted by Gasteiger charge is -2.09. The van der Waals surface area contributed by atoms with Gasteiger partial charge in [0.2, 0.25) is 0 Å². The average Bonchev–Trinajstić information content (AvgIpc) is 2.49. The van der Waals surface area contributed by atoms with Gasteiger partial charge >= 0.3 is 0 Å². The second-order valence-electron chi connectivity index (χ2n) is 4.65. The van der Waals surface area contributed by atoms with Crippen LogP contribution in [0.4, 0.5) is 5.69 Å². The number of hydrogen-bond acceptors (Lipinski definition) is 2. The van der Waals surface area contributed by atoms with Crippen LogP contribution in [0.25, 0.3) is 10.8 Å². The van der Waals surface area contributed by atoms with Gasteiger partial charge in [-0.2, -0.15) is 0 Å². The van der Waals surface area contributed by atoms with E-state index in [2.05, 4.69) is 27.9 Å². The van der Waals surface area contributed by atoms with E-state index in [1.165, 1.54) is 0 Å². The number of rotatable bonds is 2. The quantitative estimate of drug-likeness (QED) is 0.639. The normalized spacial score (nSPS) is 10.5. The van der Waals surface area contributed by atoms with Gasteiger partial charge in [-0.1, -0.05) is 36.4 Å². The third-order valence-corrected chi connectivity index (χ3v) is 4.17. The van der Waals surface area contributed by atoms with Gasteiger partial charge in [-0.3, -0.25) is 4.79 Å². The molecule has 3 rings (SSSR count). The Balaban J connectivity index is 1.98. The number of carbonyl (C=O) groups excluding carboxylic acids is 1. The van der Waals surface area contributed by atoms with Gasteiger partial charge in [-0.25, -0.2) is 0 Å². The molecule has 2 N–H and O–H groups in total. The average molecular weight is 389 g/mol. The van der Waals surface area contributed by atoms with Crippen molar-refractivity contribution in [1.82, 2.24) is 0 Å². The molecule has 0 aliphatic rings. The standard InChI is InChI=1S/C17H12INO2/c18-14-7-3-4-8-15(14)19-17(21)13-9-11-5-1-2-6-12(11)10-16(13)20/h1-10,20H,(H,19,21). The highest BCUT2D eigenvalue weighted by molar-refractivity contribution is 14.1. The van der Waals surface area contributed by atoms with Crippen molar-refractivity contribution in [2.45, 2.75) is 0 Å². The summed E-state index contributed by atoms with van der Waals surface area (Å²) in [7, 11) is 0. The minimum Gasteiger partial charge on any atom is -0.507 e. The van der Waals surface area contributed by atoms with Crippen molar-refractivity contribution >= 4 is 45.0 Å². The minimum absolute atomic E-state index is 0.0165. The number of benzene rings is 3. The molecule has 3 nitrogen and oxygen atoms in total. The topological polar surface area (TPSA) is 49.3 Å². The maximum atomic E-state index is 12.4. The number of halogens is 1. The van der Waals surface area contributed by atoms with Crippen LogP contribution < -0.4 is 5.32 Å². The molecule has 0 aromatic heterocycles. The molecule has 4 heteroatoms. The summed E-state index contributed by atoms with van der Waals surface area (Å²) in [6, 6.07) is 18.4. The first-order valence-corrected chi connectivity index (χ1v) is 7.50. The molecule has 21 heavy (non-hydrogen) atoms. The Morgan fingerprint density at radius 3 is 2.29 bits per heavy atom. The van der Waals surface area contributed by atoms with Crippen molar-refractivity contribution in [3.63, 3.8) is 0 Å². The van der Waals surface area contributed by atoms with Crippen LogP contribution in [0.1, 0.15) is 10.4 Å². The van der Waals surface area contributed by atoms with E-state index in [1.54, 1.807) is 12.1 Å². The highest BCUT2D eigenvalue weighted by atomic mass is 127. The number of phenolic OH excluding ortho intramolecular Hbond substituents is 1. The molecule has 0 heterocycles. The van der Waals surface area contributed by atoms with Crippen molar-refractivity contribution in [2.24, 2.45) is 0 Å². The number of phenols is 1. The van der Waals surface area contributed by atoms with E-state index < -0.39 is 0 Å². The summed E-state index contributed by atoms with van der Waals surface area (Å²) in [6.45, 7) is 0. The second kappa shape index (κ2) is 5.73. The Kier molecular flexibility index (Phi) is 3.79. The van der Waals surface area contributed by atoms with E-state index >= 15 is 0 Å². The van der Waals surface area contributed by atoms with Gasteiger partial charge < -0.3 is 10.4 Å². The highest BCUT2D eigenvalue weighted by Gasteiger charge is 2.13. The molecule has 0 aliphatic carbocycles. The van der Waals surface area contributed by atoms with Gasteiger partial charge in [0, 0.05) is 3.57 Å². The summed E-state index contributed by atoms with van der Waals surface area (Å²) >= 11 is 2.16. The van der Waals surface area contributed by atoms with Crippen LogP contribution in [0.3, 0.4) is 0 Å². The van der Waals surface area contributed by atoms with Gasteiger partial charge in [0.05, 0.1) is 11.3 Å². The van der Waals surface area contributed by atoms with Crippen LogP contribution in [0, 0.1) is 3.57 Å². The maximum Gasteiger partial charge on any atom is 0.259 e. The second-order valence-corrected chi connectivity index (χ2v) is 5.81. The Hall–Kier alpha value is -2.08. The van der Waals surface area contributed by atoms with E-state index in [9.17, 15) is 9.90 Å². The lowest BCUT2D eigenvalue weighted by atomic mass is 10.1. The molecular formula is C17H12INO2. The summed E-state index contributed by atoms with van der Waals surface area (Å²) in [6.07, 6.45) is 0. The van der Waals surface area contributed by atoms with E-state index in [0.717, 1.165) is 20.0 Å². The third kappa shape index (κ3) is 2.85. The summed E-state index contributed by atoms with van der Waals surface area (Å²) in [5, 5.41) is 14.7. The van der Waals surface area contributed by atoms with Crippen molar-refractivity contribution in [2.75, 3.05) is 5.32 Å². The molecular weight excluding hydrogens is 377 g/mol. The van der Waals surface area contributed by atoms with Crippen molar-refractivity contribution < 1.29 is 9.90 Å². The minimum atomic E-state index is -0.317. The van der Waals surface area contributed by atoms with Gasteiger partial charge in [0.15, 0.2) is 0 Å². The molecule has 3 aromatic carbocycles. The number of nitrogens with one attached hydrogen (secondary N) is 1. The SMILES string of the molecule is O=C(Nc1ccccc1I)c1cc2ccccc2cc1O. The van der Waals surface area contributed by atoms with Crippen LogP contribution in [0.5, 0.6) is 5.75 Å². The molecule has 3 aromatic rings. The van der Waals surface area contributed by atoms with Crippen LogP contribution >= 0.6 is 22.6 Å². The zero-order valence-electron chi connectivity index (χ0n) is 11.0. The molecule has 0 bridgehead atoms. The smallest absolute Gasteiger partial charge is 0.259 e. The van der Waals surface area contributed by atoms with Gasteiger partial charge in [0.1, 0.15) is 5.75 Å². The van der Waals surface area contributed by atoms with E-state index in [0.29, 0.717) is 0 Å². The van der Waals surface area contributed by atoms with Crippen molar-refractivity contribution in [3.05, 3.63) is 69.8 Å². The third-order valence-electron chi connectivity index (χ3n) is 3.23. The van der Waals surface area contributed by atoms with Crippen LogP contribution in [-0.4, -0.2) is 11.0 Å². The number of aromatic hydroxyl groups is 1. The number of para-hydroxylation sites is 1. The number of hydrogen-bond donors (Lipinski definition) is 2. The molecule has 0 atom stereocenters. The zero-order chi connectivity index (χ0) is 14.8. The number of fused-ring (bicyclic) bond motifs is 1. The largest absolute Gasteiger partial charge is 0.507 e. The predicted octanol–water partition coefficient (Wildman–Crippen LogP) is 4.40. The molecule has 0 saturated heterocycles. The Bertz CT molecular complexity index is 830. The Labute approximate surface area is 135 Å². The highest BCUT2D eigenvalue weighted by Crippen LogP contribution is 2.26. The lowest BCUT2D eigenvalue weighted by Crippen LogP contribution is -2.13. The van der Waals surface area contributed by atoms with E-state index in [1.807, 2.05) is 48.5 Å². The van der Waals surface area contributed by atoms with E-state index in [-0.39, 0.29) is 17.2 Å². The molecule has 0 radical (unpaired) electrons. The Morgan fingerprint density at radius 2 is 1.57 bits per heavy atom. The molecule has 0 fully saturated rings. The fraction of sp³-hybridized carbons (Fsp3) is 0. The molecule has 0 spiro atoms. The van der Waals surface area contributed by atoms with Gasteiger partial charge in [-0.15, -0.1) is 0 Å². The number of anilines is 1. The zero-order valence-corrected chi connectivity index (χ0v) is 13.2. The maximum absolute atomic E-state index is 12.4. The van der Waals surface area contributed by atoms with Crippen molar-refractivity contribution in [3.8, 4) is 5.75 Å². The molecule has 0 saturated carbocycles. The van der Waals surface area contributed by atoms with Crippen molar-refractivity contribution in [1.29, 1.82) is 0 Å². The summed E-state index contributed by atoms with van der Waals surface area (Å²) < 4.78 is 0.948. The summed E-state index contributed by atoms with van der Waals surface area (Å²) in [5.41, 5.74) is 1.00. The molecule has 1 amide bonds. The lowest BCUT2D eigenvalue weighted by molar-refractivity contribution is 0.102. The number of amides is 1. The van der Waals surface area contributed by atoms with Crippen LogP contribution in [-0.2, 0) is 0 Å². The monoisotopic (exact) mass is 389 g/mol. The summed E-state index contributed by atoms with van der Waals surface area (Å²) in [5.74, 6) is -0.334. The van der Waals surface area contributed by atoms with Gasteiger partial charge in [-0.05, 0) is 57.6 Å². The first-order chi connectivity index (χ1) is 10.1. The summed E-state index contributed by atoms with van der Waals surface area (Å²) in [4.78, 5) is 12.4. The fourth-order valence-corrected chi connectivity index (χ4v) is 2.68. The molecule has 0 aliphatic heterocycles. The molecule has 0 unspecified atom stereocenters. The molecule has 104 valence electrons. The fourth-order valence-electron chi connectivity index (χ4n) is 2.16. The Morgan fingerprint density at radius 1 is 0.952 bits per heavy atom. The van der Waals surface area contributed by atoms with Gasteiger partial charge in [0.25, 0.3) is 5.91 Å². The van der Waals surface area contributed by atoms with E-state index in [4.69, 9.17) is 0 Å².